The molecular weight excluding hydrogens is 307 g/mol. The molecule has 2 N–H and O–H groups in total. The summed E-state index contributed by atoms with van der Waals surface area (Å²) in [5.41, 5.74) is 0.678. The highest BCUT2D eigenvalue weighted by Crippen LogP contribution is 2.07. The van der Waals surface area contributed by atoms with Gasteiger partial charge in [-0.1, -0.05) is 18.2 Å². The summed E-state index contributed by atoms with van der Waals surface area (Å²) in [6.07, 6.45) is 3.94. The minimum Gasteiger partial charge on any atom is -0.490 e. The number of benzene rings is 1. The van der Waals surface area contributed by atoms with Gasteiger partial charge < -0.3 is 15.4 Å². The van der Waals surface area contributed by atoms with Gasteiger partial charge in [-0.25, -0.2) is 4.39 Å². The Morgan fingerprint density at radius 3 is 2.83 bits per heavy atom. The van der Waals surface area contributed by atoms with Gasteiger partial charge in [0.15, 0.2) is 5.96 Å². The van der Waals surface area contributed by atoms with E-state index in [2.05, 4.69) is 20.6 Å². The van der Waals surface area contributed by atoms with Gasteiger partial charge in [0, 0.05) is 19.3 Å². The van der Waals surface area contributed by atoms with Gasteiger partial charge in [-0.05, 0) is 37.1 Å². The van der Waals surface area contributed by atoms with Crippen LogP contribution in [0.2, 0.25) is 0 Å². The van der Waals surface area contributed by atoms with Crippen molar-refractivity contribution in [2.45, 2.75) is 13.3 Å². The van der Waals surface area contributed by atoms with E-state index < -0.39 is 0 Å². The summed E-state index contributed by atoms with van der Waals surface area (Å²) >= 11 is 0. The van der Waals surface area contributed by atoms with Crippen molar-refractivity contribution in [2.75, 3.05) is 26.2 Å². The van der Waals surface area contributed by atoms with E-state index in [9.17, 15) is 4.39 Å². The zero-order chi connectivity index (χ0) is 17.0. The number of aliphatic imine (C=N–C) groups is 1. The molecule has 0 aliphatic heterocycles. The fraction of sp³-hybridized carbons (Fsp3) is 0.333. The summed E-state index contributed by atoms with van der Waals surface area (Å²) in [4.78, 5) is 8.45. The molecule has 1 aromatic carbocycles. The Bertz CT molecular complexity index is 634. The van der Waals surface area contributed by atoms with Crippen LogP contribution in [0.15, 0.2) is 53.8 Å². The van der Waals surface area contributed by atoms with E-state index >= 15 is 0 Å². The molecule has 0 fully saturated rings. The van der Waals surface area contributed by atoms with Crippen LogP contribution in [0.25, 0.3) is 0 Å². The monoisotopic (exact) mass is 330 g/mol. The Morgan fingerprint density at radius 1 is 1.21 bits per heavy atom. The van der Waals surface area contributed by atoms with E-state index in [0.29, 0.717) is 37.6 Å². The minimum absolute atomic E-state index is 0.185. The number of hydrogen-bond donors (Lipinski definition) is 2. The average Bonchev–Trinajstić information content (AvgIpc) is 2.61. The number of aromatic nitrogens is 1. The fourth-order valence-electron chi connectivity index (χ4n) is 2.10. The van der Waals surface area contributed by atoms with Crippen molar-refractivity contribution >= 4 is 5.96 Å². The van der Waals surface area contributed by atoms with Gasteiger partial charge >= 0.3 is 0 Å². The molecule has 0 saturated heterocycles. The zero-order valence-electron chi connectivity index (χ0n) is 13.8. The zero-order valence-corrected chi connectivity index (χ0v) is 13.8. The van der Waals surface area contributed by atoms with Crippen LogP contribution in [-0.4, -0.2) is 37.2 Å². The molecule has 0 unspecified atom stereocenters. The lowest BCUT2D eigenvalue weighted by molar-refractivity contribution is 0.320. The van der Waals surface area contributed by atoms with Crippen LogP contribution in [0.4, 0.5) is 4.39 Å². The highest BCUT2D eigenvalue weighted by Gasteiger charge is 2.01. The molecule has 0 aliphatic carbocycles. The number of rotatable bonds is 8. The largest absolute Gasteiger partial charge is 0.490 e. The van der Waals surface area contributed by atoms with Crippen LogP contribution in [0, 0.1) is 5.82 Å². The second-order valence-electron chi connectivity index (χ2n) is 5.07. The Kier molecular flexibility index (Phi) is 7.53. The van der Waals surface area contributed by atoms with Crippen molar-refractivity contribution in [1.29, 1.82) is 0 Å². The molecule has 0 saturated carbocycles. The molecule has 0 atom stereocenters. The summed E-state index contributed by atoms with van der Waals surface area (Å²) in [7, 11) is 0. The SMILES string of the molecule is CCNC(=NCCc1ccccc1F)NCCOc1cccnc1. The lowest BCUT2D eigenvalue weighted by atomic mass is 10.1. The summed E-state index contributed by atoms with van der Waals surface area (Å²) in [6, 6.07) is 10.5. The number of hydrogen-bond acceptors (Lipinski definition) is 3. The number of halogens is 1. The van der Waals surface area contributed by atoms with Gasteiger partial charge in [0.2, 0.25) is 0 Å². The van der Waals surface area contributed by atoms with Crippen LogP contribution >= 0.6 is 0 Å². The third kappa shape index (κ3) is 6.24. The molecule has 2 rings (SSSR count). The Hall–Kier alpha value is -2.63. The van der Waals surface area contributed by atoms with Crippen molar-refractivity contribution in [3.05, 3.63) is 60.2 Å². The van der Waals surface area contributed by atoms with Crippen LogP contribution in [-0.2, 0) is 6.42 Å². The molecular formula is C18H23FN4O. The molecule has 0 spiro atoms. The first kappa shape index (κ1) is 17.7. The first-order valence-electron chi connectivity index (χ1n) is 8.08. The van der Waals surface area contributed by atoms with E-state index in [1.165, 1.54) is 6.07 Å². The highest BCUT2D eigenvalue weighted by molar-refractivity contribution is 5.79. The van der Waals surface area contributed by atoms with Crippen LogP contribution in [0.1, 0.15) is 12.5 Å². The topological polar surface area (TPSA) is 58.5 Å². The molecule has 0 amide bonds. The third-order valence-electron chi connectivity index (χ3n) is 3.25. The normalized spacial score (nSPS) is 11.2. The van der Waals surface area contributed by atoms with Gasteiger partial charge in [0.1, 0.15) is 18.2 Å². The van der Waals surface area contributed by atoms with Gasteiger partial charge in [-0.15, -0.1) is 0 Å². The summed E-state index contributed by atoms with van der Waals surface area (Å²) in [6.45, 7) is 4.39. The number of nitrogens with zero attached hydrogens (tertiary/aromatic N) is 2. The molecule has 5 nitrogen and oxygen atoms in total. The third-order valence-corrected chi connectivity index (χ3v) is 3.25. The number of pyridine rings is 1. The van der Waals surface area contributed by atoms with Gasteiger partial charge in [-0.2, -0.15) is 0 Å². The fourth-order valence-corrected chi connectivity index (χ4v) is 2.10. The first-order valence-corrected chi connectivity index (χ1v) is 8.08. The standard InChI is InChI=1S/C18H23FN4O/c1-2-21-18(22-11-9-15-6-3-4-8-17(15)19)23-12-13-24-16-7-5-10-20-14-16/h3-8,10,14H,2,9,11-13H2,1H3,(H2,21,22,23). The quantitative estimate of drug-likeness (QED) is 0.443. The smallest absolute Gasteiger partial charge is 0.191 e. The maximum absolute atomic E-state index is 13.6. The predicted octanol–water partition coefficient (Wildman–Crippen LogP) is 2.40. The van der Waals surface area contributed by atoms with Crippen molar-refractivity contribution in [2.24, 2.45) is 4.99 Å². The van der Waals surface area contributed by atoms with E-state index in [-0.39, 0.29) is 5.82 Å². The highest BCUT2D eigenvalue weighted by atomic mass is 19.1. The van der Waals surface area contributed by atoms with E-state index in [4.69, 9.17) is 4.74 Å². The molecule has 0 aliphatic rings. The second-order valence-corrected chi connectivity index (χ2v) is 5.07. The summed E-state index contributed by atoms with van der Waals surface area (Å²) < 4.78 is 19.1. The van der Waals surface area contributed by atoms with Crippen molar-refractivity contribution in [3.8, 4) is 5.75 Å². The predicted molar refractivity (Wildman–Crippen MR) is 93.8 cm³/mol. The van der Waals surface area contributed by atoms with Crippen molar-refractivity contribution < 1.29 is 9.13 Å². The van der Waals surface area contributed by atoms with Crippen LogP contribution in [0.5, 0.6) is 5.75 Å². The lowest BCUT2D eigenvalue weighted by Crippen LogP contribution is -2.39. The van der Waals surface area contributed by atoms with E-state index in [0.717, 1.165) is 12.3 Å². The number of ether oxygens (including phenoxy) is 1. The maximum atomic E-state index is 13.6. The minimum atomic E-state index is -0.185. The van der Waals surface area contributed by atoms with E-state index in [1.807, 2.05) is 25.1 Å². The second kappa shape index (κ2) is 10.2. The molecule has 2 aromatic rings. The van der Waals surface area contributed by atoms with E-state index in [1.54, 1.807) is 24.5 Å². The van der Waals surface area contributed by atoms with Gasteiger partial charge in [0.05, 0.1) is 12.7 Å². The van der Waals surface area contributed by atoms with Crippen LogP contribution in [0.3, 0.4) is 0 Å². The van der Waals surface area contributed by atoms with Gasteiger partial charge in [0.25, 0.3) is 0 Å². The Labute approximate surface area is 142 Å². The molecule has 128 valence electrons. The maximum Gasteiger partial charge on any atom is 0.191 e. The molecule has 0 radical (unpaired) electrons. The lowest BCUT2D eigenvalue weighted by Gasteiger charge is -2.12. The molecule has 1 aromatic heterocycles. The molecule has 6 heteroatoms. The average molecular weight is 330 g/mol. The Balaban J connectivity index is 1.75. The summed E-state index contributed by atoms with van der Waals surface area (Å²) in [5, 5.41) is 6.35. The van der Waals surface area contributed by atoms with Crippen LogP contribution < -0.4 is 15.4 Å². The first-order chi connectivity index (χ1) is 11.8. The molecule has 24 heavy (non-hydrogen) atoms. The number of nitrogens with one attached hydrogen (secondary N) is 2. The number of guanidine groups is 1. The summed E-state index contributed by atoms with van der Waals surface area (Å²) in [5.74, 6) is 1.25. The van der Waals surface area contributed by atoms with Crippen molar-refractivity contribution in [3.63, 3.8) is 0 Å². The molecule has 0 bridgehead atoms. The van der Waals surface area contributed by atoms with Crippen molar-refractivity contribution in [1.82, 2.24) is 15.6 Å². The molecule has 1 heterocycles. The Morgan fingerprint density at radius 2 is 2.08 bits per heavy atom. The van der Waals surface area contributed by atoms with Gasteiger partial charge in [-0.3, -0.25) is 9.98 Å².